The molecule has 1 nitrogen and oxygen atoms in total. The number of rotatable bonds is 2. The second kappa shape index (κ2) is 5.22. The minimum absolute atomic E-state index is 0. The number of halogens is 4. The summed E-state index contributed by atoms with van der Waals surface area (Å²) in [5.41, 5.74) is 5.50. The number of hydrogen-bond donors (Lipinski definition) is 1. The van der Waals surface area contributed by atoms with Gasteiger partial charge in [-0.05, 0) is 12.5 Å². The van der Waals surface area contributed by atoms with Gasteiger partial charge >= 0.3 is 0 Å². The van der Waals surface area contributed by atoms with Crippen LogP contribution in [0.25, 0.3) is 0 Å². The predicted molar refractivity (Wildman–Crippen MR) is 50.8 cm³/mol. The van der Waals surface area contributed by atoms with Gasteiger partial charge in [0.15, 0.2) is 17.5 Å². The van der Waals surface area contributed by atoms with Crippen molar-refractivity contribution in [1.82, 2.24) is 0 Å². The summed E-state index contributed by atoms with van der Waals surface area (Å²) < 4.78 is 38.2. The molecular formula is C9H11ClF3N. The van der Waals surface area contributed by atoms with Gasteiger partial charge < -0.3 is 5.73 Å². The van der Waals surface area contributed by atoms with E-state index in [9.17, 15) is 13.2 Å². The maximum Gasteiger partial charge on any atom is 0.194 e. The van der Waals surface area contributed by atoms with Gasteiger partial charge in [-0.25, -0.2) is 13.2 Å². The molecule has 0 amide bonds. The second-order valence-corrected chi connectivity index (χ2v) is 2.78. The molecule has 14 heavy (non-hydrogen) atoms. The Morgan fingerprint density at radius 3 is 2.29 bits per heavy atom. The van der Waals surface area contributed by atoms with Crippen LogP contribution < -0.4 is 5.73 Å². The van der Waals surface area contributed by atoms with Crippen molar-refractivity contribution in [3.8, 4) is 0 Å². The van der Waals surface area contributed by atoms with Crippen LogP contribution in [0, 0.1) is 17.5 Å². The van der Waals surface area contributed by atoms with Crippen molar-refractivity contribution in [2.75, 3.05) is 0 Å². The highest BCUT2D eigenvalue weighted by Gasteiger charge is 2.16. The van der Waals surface area contributed by atoms with E-state index >= 15 is 0 Å². The molecule has 0 aliphatic carbocycles. The third-order valence-corrected chi connectivity index (χ3v) is 1.90. The first-order valence-electron chi connectivity index (χ1n) is 3.96. The summed E-state index contributed by atoms with van der Waals surface area (Å²) >= 11 is 0. The van der Waals surface area contributed by atoms with Crippen molar-refractivity contribution in [2.24, 2.45) is 5.73 Å². The summed E-state index contributed by atoms with van der Waals surface area (Å²) in [4.78, 5) is 0. The lowest BCUT2D eigenvalue weighted by molar-refractivity contribution is 0.434. The fraction of sp³-hybridized carbons (Fsp3) is 0.333. The average Bonchev–Trinajstić information content (AvgIpc) is 2.13. The highest BCUT2D eigenvalue weighted by atomic mass is 35.5. The molecule has 1 rings (SSSR count). The van der Waals surface area contributed by atoms with E-state index in [1.165, 1.54) is 6.07 Å². The van der Waals surface area contributed by atoms with Gasteiger partial charge in [0.2, 0.25) is 0 Å². The molecule has 0 fully saturated rings. The molecule has 0 aliphatic heterocycles. The summed E-state index contributed by atoms with van der Waals surface area (Å²) in [5.74, 6) is -3.83. The second-order valence-electron chi connectivity index (χ2n) is 2.78. The third kappa shape index (κ3) is 2.39. The van der Waals surface area contributed by atoms with E-state index in [0.717, 1.165) is 6.07 Å². The average molecular weight is 226 g/mol. The quantitative estimate of drug-likeness (QED) is 0.770. The molecule has 0 saturated heterocycles. The normalized spacial score (nSPS) is 12.1. The summed E-state index contributed by atoms with van der Waals surface area (Å²) in [6.07, 6.45) is 0.474. The summed E-state index contributed by atoms with van der Waals surface area (Å²) in [5, 5.41) is 0. The van der Waals surface area contributed by atoms with Gasteiger partial charge in [0.25, 0.3) is 0 Å². The van der Waals surface area contributed by atoms with Gasteiger partial charge in [-0.2, -0.15) is 0 Å². The van der Waals surface area contributed by atoms with Crippen LogP contribution in [0.4, 0.5) is 13.2 Å². The van der Waals surface area contributed by atoms with Crippen molar-refractivity contribution >= 4 is 12.4 Å². The first kappa shape index (κ1) is 13.3. The Hall–Kier alpha value is -0.740. The number of hydrogen-bond acceptors (Lipinski definition) is 1. The van der Waals surface area contributed by atoms with Crippen LogP contribution in [-0.4, -0.2) is 0 Å². The molecule has 1 aromatic rings. The van der Waals surface area contributed by atoms with E-state index in [1.54, 1.807) is 6.92 Å². The van der Waals surface area contributed by atoms with Crippen molar-refractivity contribution in [1.29, 1.82) is 0 Å². The lowest BCUT2D eigenvalue weighted by Gasteiger charge is -2.10. The van der Waals surface area contributed by atoms with Crippen LogP contribution in [-0.2, 0) is 0 Å². The van der Waals surface area contributed by atoms with Gasteiger partial charge in [0.1, 0.15) is 0 Å². The molecule has 0 bridgehead atoms. The highest BCUT2D eigenvalue weighted by Crippen LogP contribution is 2.21. The Bertz CT molecular complexity index is 317. The zero-order valence-corrected chi connectivity index (χ0v) is 8.38. The van der Waals surface area contributed by atoms with E-state index < -0.39 is 23.5 Å². The molecule has 0 spiro atoms. The van der Waals surface area contributed by atoms with Crippen LogP contribution in [0.15, 0.2) is 12.1 Å². The fourth-order valence-corrected chi connectivity index (χ4v) is 1.05. The first-order valence-corrected chi connectivity index (χ1v) is 3.96. The van der Waals surface area contributed by atoms with Crippen LogP contribution in [0.1, 0.15) is 24.9 Å². The number of benzene rings is 1. The van der Waals surface area contributed by atoms with Crippen molar-refractivity contribution in [3.05, 3.63) is 35.1 Å². The Balaban J connectivity index is 0.00000169. The van der Waals surface area contributed by atoms with E-state index in [-0.39, 0.29) is 18.0 Å². The first-order chi connectivity index (χ1) is 6.07. The largest absolute Gasteiger partial charge is 0.324 e. The van der Waals surface area contributed by atoms with Crippen LogP contribution >= 0.6 is 12.4 Å². The standard InChI is InChI=1S/C9H10F3N.ClH/c1-2-7(13)5-3-4-6(10)9(12)8(5)11;/h3-4,7H,2,13H2,1H3;1H/t7-;/m1./s1. The Kier molecular flexibility index (Phi) is 4.94. The lowest BCUT2D eigenvalue weighted by atomic mass is 10.0. The maximum absolute atomic E-state index is 13.0. The minimum atomic E-state index is -1.46. The van der Waals surface area contributed by atoms with Gasteiger partial charge in [-0.3, -0.25) is 0 Å². The van der Waals surface area contributed by atoms with E-state index in [2.05, 4.69) is 0 Å². The zero-order valence-electron chi connectivity index (χ0n) is 7.56. The minimum Gasteiger partial charge on any atom is -0.324 e. The predicted octanol–water partition coefficient (Wildman–Crippen LogP) is 2.94. The van der Waals surface area contributed by atoms with E-state index in [1.807, 2.05) is 0 Å². The Morgan fingerprint density at radius 2 is 1.79 bits per heavy atom. The smallest absolute Gasteiger partial charge is 0.194 e. The molecule has 80 valence electrons. The third-order valence-electron chi connectivity index (χ3n) is 1.90. The van der Waals surface area contributed by atoms with Crippen molar-refractivity contribution in [3.63, 3.8) is 0 Å². The highest BCUT2D eigenvalue weighted by molar-refractivity contribution is 5.85. The molecule has 0 radical (unpaired) electrons. The summed E-state index contributed by atoms with van der Waals surface area (Å²) in [6.45, 7) is 1.74. The Morgan fingerprint density at radius 1 is 1.21 bits per heavy atom. The van der Waals surface area contributed by atoms with Gasteiger partial charge in [0.05, 0.1) is 0 Å². The van der Waals surface area contributed by atoms with Crippen LogP contribution in [0.3, 0.4) is 0 Å². The van der Waals surface area contributed by atoms with Gasteiger partial charge in [0, 0.05) is 11.6 Å². The number of nitrogens with two attached hydrogens (primary N) is 1. The zero-order chi connectivity index (χ0) is 10.0. The van der Waals surface area contributed by atoms with Crippen LogP contribution in [0.2, 0.25) is 0 Å². The molecule has 1 aromatic carbocycles. The molecule has 2 N–H and O–H groups in total. The molecule has 0 aliphatic rings. The monoisotopic (exact) mass is 225 g/mol. The summed E-state index contributed by atoms with van der Waals surface area (Å²) in [7, 11) is 0. The van der Waals surface area contributed by atoms with Gasteiger partial charge in [-0.15, -0.1) is 12.4 Å². The molecule has 0 heterocycles. The molecule has 5 heteroatoms. The van der Waals surface area contributed by atoms with E-state index in [4.69, 9.17) is 5.73 Å². The molecule has 1 atom stereocenters. The molecule has 0 unspecified atom stereocenters. The van der Waals surface area contributed by atoms with Crippen LogP contribution in [0.5, 0.6) is 0 Å². The van der Waals surface area contributed by atoms with Crippen molar-refractivity contribution < 1.29 is 13.2 Å². The van der Waals surface area contributed by atoms with E-state index in [0.29, 0.717) is 6.42 Å². The Labute approximate surface area is 86.5 Å². The van der Waals surface area contributed by atoms with Gasteiger partial charge in [-0.1, -0.05) is 13.0 Å². The lowest BCUT2D eigenvalue weighted by Crippen LogP contribution is -2.12. The molecular weight excluding hydrogens is 215 g/mol. The molecule has 0 aromatic heterocycles. The SMILES string of the molecule is CC[C@@H](N)c1ccc(F)c(F)c1F.Cl. The maximum atomic E-state index is 13.0. The topological polar surface area (TPSA) is 26.0 Å². The summed E-state index contributed by atoms with van der Waals surface area (Å²) in [6, 6.07) is 1.46. The van der Waals surface area contributed by atoms with Crippen molar-refractivity contribution in [2.45, 2.75) is 19.4 Å². The molecule has 0 saturated carbocycles. The fourth-order valence-electron chi connectivity index (χ4n) is 1.05.